The van der Waals surface area contributed by atoms with Crippen LogP contribution in [0.25, 0.3) is 0 Å². The highest BCUT2D eigenvalue weighted by atomic mass is 16.6. The third-order valence-corrected chi connectivity index (χ3v) is 2.87. The van der Waals surface area contributed by atoms with Crippen molar-refractivity contribution in [3.05, 3.63) is 0 Å². The average molecular weight is 230 g/mol. The van der Waals surface area contributed by atoms with Crippen molar-refractivity contribution in [2.75, 3.05) is 19.6 Å². The van der Waals surface area contributed by atoms with Crippen molar-refractivity contribution in [1.29, 1.82) is 0 Å². The average Bonchev–Trinajstić information content (AvgIpc) is 2.60. The molecule has 0 aromatic heterocycles. The predicted molar refractivity (Wildman–Crippen MR) is 57.2 cm³/mol. The first-order valence-electron chi connectivity index (χ1n) is 5.30. The minimum Gasteiger partial charge on any atom is -0.480 e. The summed E-state index contributed by atoms with van der Waals surface area (Å²) in [6.07, 6.45) is -0.708. The van der Waals surface area contributed by atoms with E-state index in [4.69, 9.17) is 9.84 Å². The van der Waals surface area contributed by atoms with E-state index in [-0.39, 0.29) is 6.10 Å². The van der Waals surface area contributed by atoms with Crippen LogP contribution in [0.4, 0.5) is 4.79 Å². The second-order valence-electron chi connectivity index (χ2n) is 4.31. The molecule has 92 valence electrons. The van der Waals surface area contributed by atoms with Crippen LogP contribution in [-0.2, 0) is 9.53 Å². The van der Waals surface area contributed by atoms with Crippen LogP contribution in [0.1, 0.15) is 20.8 Å². The number of carbonyl (C=O) groups excluding carboxylic acids is 1. The Bertz CT molecular complexity index is 291. The fraction of sp³-hybridized carbons (Fsp3) is 0.800. The number of carboxylic acid groups (broad SMARTS) is 1. The summed E-state index contributed by atoms with van der Waals surface area (Å²) < 4.78 is 4.98. The van der Waals surface area contributed by atoms with Crippen LogP contribution in [0.2, 0.25) is 0 Å². The molecule has 1 aliphatic rings. The summed E-state index contributed by atoms with van der Waals surface area (Å²) in [4.78, 5) is 23.7. The molecule has 0 aliphatic carbocycles. The first-order chi connectivity index (χ1) is 7.37. The topological polar surface area (TPSA) is 78.9 Å². The second kappa shape index (κ2) is 4.69. The standard InChI is InChI=1S/C10H18N2O4/c1-4-12(10(2,3)8(13)14)6-7-5-11-9(15)16-7/h7H,4-6H2,1-3H3,(H,11,15)(H,13,14). The molecule has 1 aliphatic heterocycles. The van der Waals surface area contributed by atoms with E-state index in [1.165, 1.54) is 0 Å². The monoisotopic (exact) mass is 230 g/mol. The number of cyclic esters (lactones) is 1. The van der Waals surface area contributed by atoms with Gasteiger partial charge in [0.1, 0.15) is 11.6 Å². The number of aliphatic carboxylic acids is 1. The number of carbonyl (C=O) groups is 2. The molecule has 0 aromatic rings. The molecule has 0 radical (unpaired) electrons. The maximum atomic E-state index is 11.1. The quantitative estimate of drug-likeness (QED) is 0.709. The van der Waals surface area contributed by atoms with Gasteiger partial charge in [-0.25, -0.2) is 4.79 Å². The molecule has 6 nitrogen and oxygen atoms in total. The van der Waals surface area contributed by atoms with Crippen molar-refractivity contribution in [3.8, 4) is 0 Å². The largest absolute Gasteiger partial charge is 0.480 e. The Morgan fingerprint density at radius 3 is 2.69 bits per heavy atom. The van der Waals surface area contributed by atoms with Crippen LogP contribution in [0.3, 0.4) is 0 Å². The Morgan fingerprint density at radius 2 is 2.31 bits per heavy atom. The fourth-order valence-electron chi connectivity index (χ4n) is 1.67. The Labute approximate surface area is 94.6 Å². The zero-order valence-electron chi connectivity index (χ0n) is 9.82. The molecule has 0 saturated carbocycles. The van der Waals surface area contributed by atoms with E-state index in [9.17, 15) is 9.59 Å². The first kappa shape index (κ1) is 12.8. The van der Waals surface area contributed by atoms with Crippen LogP contribution in [0.15, 0.2) is 0 Å². The van der Waals surface area contributed by atoms with E-state index in [2.05, 4.69) is 5.32 Å². The summed E-state index contributed by atoms with van der Waals surface area (Å²) >= 11 is 0. The van der Waals surface area contributed by atoms with E-state index in [1.54, 1.807) is 18.7 Å². The lowest BCUT2D eigenvalue weighted by molar-refractivity contribution is -0.149. The zero-order chi connectivity index (χ0) is 12.3. The van der Waals surface area contributed by atoms with Gasteiger partial charge in [0.15, 0.2) is 0 Å². The summed E-state index contributed by atoms with van der Waals surface area (Å²) in [6, 6.07) is 0. The van der Waals surface area contributed by atoms with Crippen molar-refractivity contribution in [3.63, 3.8) is 0 Å². The maximum absolute atomic E-state index is 11.1. The van der Waals surface area contributed by atoms with Gasteiger partial charge in [-0.05, 0) is 20.4 Å². The summed E-state index contributed by atoms with van der Waals surface area (Å²) in [5.74, 6) is -0.883. The van der Waals surface area contributed by atoms with Gasteiger partial charge < -0.3 is 15.2 Å². The number of hydrogen-bond donors (Lipinski definition) is 2. The van der Waals surface area contributed by atoms with Crippen molar-refractivity contribution in [2.45, 2.75) is 32.4 Å². The minimum absolute atomic E-state index is 0.272. The van der Waals surface area contributed by atoms with E-state index in [0.717, 1.165) is 0 Å². The number of hydrogen-bond acceptors (Lipinski definition) is 4. The molecule has 6 heteroatoms. The highest BCUT2D eigenvalue weighted by molar-refractivity contribution is 5.77. The van der Waals surface area contributed by atoms with Crippen LogP contribution in [0.5, 0.6) is 0 Å². The predicted octanol–water partition coefficient (Wildman–Crippen LogP) is 0.280. The number of nitrogens with one attached hydrogen (secondary N) is 1. The van der Waals surface area contributed by atoms with Crippen LogP contribution >= 0.6 is 0 Å². The maximum Gasteiger partial charge on any atom is 0.407 e. The highest BCUT2D eigenvalue weighted by Gasteiger charge is 2.36. The Kier molecular flexibility index (Phi) is 3.74. The molecule has 0 aromatic carbocycles. The van der Waals surface area contributed by atoms with Gasteiger partial charge >= 0.3 is 12.1 Å². The molecule has 1 unspecified atom stereocenters. The summed E-state index contributed by atoms with van der Waals surface area (Å²) in [5.41, 5.74) is -0.955. The number of carboxylic acids is 1. The third-order valence-electron chi connectivity index (χ3n) is 2.87. The van der Waals surface area contributed by atoms with Gasteiger partial charge in [-0.3, -0.25) is 9.69 Å². The lowest BCUT2D eigenvalue weighted by Gasteiger charge is -2.35. The third kappa shape index (κ3) is 2.63. The Morgan fingerprint density at radius 1 is 1.69 bits per heavy atom. The molecule has 2 N–H and O–H groups in total. The van der Waals surface area contributed by atoms with Crippen LogP contribution < -0.4 is 5.32 Å². The molecule has 1 saturated heterocycles. The number of nitrogens with zero attached hydrogens (tertiary/aromatic N) is 1. The lowest BCUT2D eigenvalue weighted by atomic mass is 10.0. The van der Waals surface area contributed by atoms with Gasteiger partial charge in [-0.15, -0.1) is 0 Å². The molecule has 0 bridgehead atoms. The molecule has 1 atom stereocenters. The fourth-order valence-corrected chi connectivity index (χ4v) is 1.67. The number of rotatable bonds is 5. The molecular weight excluding hydrogens is 212 g/mol. The smallest absolute Gasteiger partial charge is 0.407 e. The summed E-state index contributed by atoms with van der Waals surface area (Å²) in [5, 5.41) is 11.6. The van der Waals surface area contributed by atoms with E-state index in [0.29, 0.717) is 19.6 Å². The van der Waals surface area contributed by atoms with Crippen molar-refractivity contribution in [2.24, 2.45) is 0 Å². The van der Waals surface area contributed by atoms with Gasteiger partial charge in [0.25, 0.3) is 0 Å². The zero-order valence-corrected chi connectivity index (χ0v) is 9.82. The van der Waals surface area contributed by atoms with Gasteiger partial charge in [-0.1, -0.05) is 6.92 Å². The normalized spacial score (nSPS) is 20.8. The van der Waals surface area contributed by atoms with Gasteiger partial charge in [0.2, 0.25) is 0 Å². The molecule has 16 heavy (non-hydrogen) atoms. The van der Waals surface area contributed by atoms with E-state index >= 15 is 0 Å². The SMILES string of the molecule is CCN(CC1CNC(=O)O1)C(C)(C)C(=O)O. The number of alkyl carbamates (subject to hydrolysis) is 1. The molecule has 0 spiro atoms. The molecule has 1 amide bonds. The van der Waals surface area contributed by atoms with Crippen molar-refractivity contribution in [1.82, 2.24) is 10.2 Å². The molecular formula is C10H18N2O4. The second-order valence-corrected chi connectivity index (χ2v) is 4.31. The number of amides is 1. The van der Waals surface area contributed by atoms with E-state index in [1.807, 2.05) is 6.92 Å². The summed E-state index contributed by atoms with van der Waals surface area (Å²) in [7, 11) is 0. The molecule has 1 rings (SSSR count). The van der Waals surface area contributed by atoms with E-state index < -0.39 is 17.6 Å². The first-order valence-corrected chi connectivity index (χ1v) is 5.30. The highest BCUT2D eigenvalue weighted by Crippen LogP contribution is 2.16. The lowest BCUT2D eigenvalue weighted by Crippen LogP contribution is -2.52. The minimum atomic E-state index is -0.955. The van der Waals surface area contributed by atoms with Crippen molar-refractivity contribution >= 4 is 12.1 Å². The number of likely N-dealkylation sites (N-methyl/N-ethyl adjacent to an activating group) is 1. The molecule has 1 fully saturated rings. The van der Waals surface area contributed by atoms with Gasteiger partial charge in [0.05, 0.1) is 6.54 Å². The molecule has 1 heterocycles. The van der Waals surface area contributed by atoms with Crippen LogP contribution in [-0.4, -0.2) is 53.3 Å². The summed E-state index contributed by atoms with van der Waals surface area (Å²) in [6.45, 7) is 6.62. The van der Waals surface area contributed by atoms with Gasteiger partial charge in [0, 0.05) is 6.54 Å². The van der Waals surface area contributed by atoms with Crippen molar-refractivity contribution < 1.29 is 19.4 Å². The van der Waals surface area contributed by atoms with Crippen LogP contribution in [0, 0.1) is 0 Å². The number of ether oxygens (including phenoxy) is 1. The Balaban J connectivity index is 2.61. The Hall–Kier alpha value is -1.30. The van der Waals surface area contributed by atoms with Gasteiger partial charge in [-0.2, -0.15) is 0 Å².